The minimum Gasteiger partial charge on any atom is -0.461 e. The van der Waals surface area contributed by atoms with E-state index >= 15 is 0 Å². The molecule has 2 heterocycles. The van der Waals surface area contributed by atoms with Crippen molar-refractivity contribution in [3.8, 4) is 0 Å². The predicted molar refractivity (Wildman–Crippen MR) is 125 cm³/mol. The van der Waals surface area contributed by atoms with Crippen LogP contribution in [0.15, 0.2) is 36.0 Å². The maximum atomic E-state index is 13.8. The van der Waals surface area contributed by atoms with Crippen LogP contribution in [0.2, 0.25) is 0 Å². The van der Waals surface area contributed by atoms with Crippen LogP contribution in [0.3, 0.4) is 0 Å². The Bertz CT molecular complexity index is 1070. The van der Waals surface area contributed by atoms with Crippen LogP contribution in [0.1, 0.15) is 65.2 Å². The zero-order valence-electron chi connectivity index (χ0n) is 20.3. The first-order chi connectivity index (χ1) is 16.1. The van der Waals surface area contributed by atoms with Crippen molar-refractivity contribution in [1.29, 1.82) is 0 Å². The Morgan fingerprint density at radius 3 is 2.65 bits per heavy atom. The normalized spacial score (nSPS) is 55.2. The third-order valence-electron chi connectivity index (χ3n) is 11.8. The number of carbonyl (C=O) groups is 2. The number of allylic oxidation sites excluding steroid dienone is 2. The monoisotopic (exact) mass is 464 g/mol. The van der Waals surface area contributed by atoms with Crippen molar-refractivity contribution in [3.05, 3.63) is 36.0 Å². The standard InChI is InChI=1S/C29H36O5/c1-14-7-24-22(11-21-19(14)5-6-27(21,4)32)29(26(31)34-24)13-28-12-18(29)9-17(28)10-20-16(3)25(30)33-23(20)8-15(28)2/h9,15,18-24,32H,1,3,5-8,10-13H2,2,4H3/t15?,18-,19-,20-,21-,22+,23+,24+,27-,28+,29-/m1/s1. The van der Waals surface area contributed by atoms with E-state index in [1.165, 1.54) is 5.57 Å². The molecule has 11 atom stereocenters. The molecule has 1 N–H and O–H groups in total. The highest BCUT2D eigenvalue weighted by molar-refractivity contribution is 5.91. The molecular weight excluding hydrogens is 428 g/mol. The highest BCUT2D eigenvalue weighted by atomic mass is 16.6. The molecular formula is C29H36O5. The molecule has 182 valence electrons. The third kappa shape index (κ3) is 2.40. The van der Waals surface area contributed by atoms with E-state index in [9.17, 15) is 14.7 Å². The van der Waals surface area contributed by atoms with E-state index in [-0.39, 0.29) is 53.2 Å². The van der Waals surface area contributed by atoms with Gasteiger partial charge in [0.25, 0.3) is 0 Å². The average Bonchev–Trinajstić information content (AvgIpc) is 3.48. The Morgan fingerprint density at radius 1 is 1.06 bits per heavy atom. The average molecular weight is 465 g/mol. The largest absolute Gasteiger partial charge is 0.461 e. The van der Waals surface area contributed by atoms with E-state index in [0.717, 1.165) is 56.9 Å². The van der Waals surface area contributed by atoms with Crippen molar-refractivity contribution in [3.63, 3.8) is 0 Å². The molecule has 5 heteroatoms. The SMILES string of the molecule is C=C1C(=O)O[C@H]2CC(C)[C@@]34C[C@@H](C=C3C[C@H]12)[C@@]1(C4)C(=O)O[C@H]2CC(=C)[C@H]3CC[C@@](C)(O)[C@@H]3C[C@@H]21. The van der Waals surface area contributed by atoms with Crippen LogP contribution in [0.5, 0.6) is 0 Å². The molecule has 2 bridgehead atoms. The summed E-state index contributed by atoms with van der Waals surface area (Å²) in [5, 5.41) is 11.3. The summed E-state index contributed by atoms with van der Waals surface area (Å²) in [6.45, 7) is 12.7. The second-order valence-electron chi connectivity index (χ2n) is 13.0. The Labute approximate surface area is 201 Å². The van der Waals surface area contributed by atoms with Crippen LogP contribution < -0.4 is 0 Å². The third-order valence-corrected chi connectivity index (χ3v) is 11.8. The Morgan fingerprint density at radius 2 is 1.85 bits per heavy atom. The molecule has 5 nitrogen and oxygen atoms in total. The van der Waals surface area contributed by atoms with Crippen LogP contribution in [-0.2, 0) is 19.1 Å². The molecule has 5 aliphatic carbocycles. The maximum absolute atomic E-state index is 13.8. The minimum atomic E-state index is -0.705. The molecule has 2 spiro atoms. The van der Waals surface area contributed by atoms with Crippen molar-refractivity contribution in [2.45, 2.75) is 83.0 Å². The van der Waals surface area contributed by atoms with Crippen molar-refractivity contribution in [2.24, 2.45) is 46.3 Å². The quantitative estimate of drug-likeness (QED) is 0.325. The van der Waals surface area contributed by atoms with Gasteiger partial charge in [-0.15, -0.1) is 0 Å². The zero-order chi connectivity index (χ0) is 23.8. The summed E-state index contributed by atoms with van der Waals surface area (Å²) in [7, 11) is 0. The van der Waals surface area contributed by atoms with E-state index in [4.69, 9.17) is 9.47 Å². The highest BCUT2D eigenvalue weighted by Crippen LogP contribution is 2.74. The number of ether oxygens (including phenoxy) is 2. The molecule has 34 heavy (non-hydrogen) atoms. The van der Waals surface area contributed by atoms with E-state index in [2.05, 4.69) is 26.2 Å². The van der Waals surface area contributed by atoms with Gasteiger partial charge >= 0.3 is 11.9 Å². The molecule has 1 unspecified atom stereocenters. The Balaban J connectivity index is 1.28. The first-order valence-electron chi connectivity index (χ1n) is 13.3. The van der Waals surface area contributed by atoms with Gasteiger partial charge in [-0.3, -0.25) is 4.79 Å². The summed E-state index contributed by atoms with van der Waals surface area (Å²) in [6, 6.07) is 0. The minimum absolute atomic E-state index is 0.0176. The summed E-state index contributed by atoms with van der Waals surface area (Å²) in [5.41, 5.74) is 1.96. The van der Waals surface area contributed by atoms with Gasteiger partial charge in [0, 0.05) is 23.8 Å². The maximum Gasteiger partial charge on any atom is 0.334 e. The predicted octanol–water partition coefficient (Wildman–Crippen LogP) is 4.51. The van der Waals surface area contributed by atoms with Crippen LogP contribution in [0.4, 0.5) is 0 Å². The van der Waals surface area contributed by atoms with Crippen LogP contribution in [-0.4, -0.2) is 34.9 Å². The van der Waals surface area contributed by atoms with Crippen LogP contribution in [0, 0.1) is 46.3 Å². The van der Waals surface area contributed by atoms with Gasteiger partial charge < -0.3 is 14.6 Å². The number of esters is 2. The number of hydrogen-bond acceptors (Lipinski definition) is 5. The lowest BCUT2D eigenvalue weighted by Crippen LogP contribution is -2.43. The number of fused-ring (bicyclic) bond motifs is 6. The van der Waals surface area contributed by atoms with Gasteiger partial charge in [0.15, 0.2) is 0 Å². The number of carbonyl (C=O) groups excluding carboxylic acids is 2. The van der Waals surface area contributed by atoms with Gasteiger partial charge in [-0.2, -0.15) is 0 Å². The molecule has 0 aromatic heterocycles. The first-order valence-corrected chi connectivity index (χ1v) is 13.3. The van der Waals surface area contributed by atoms with Gasteiger partial charge in [-0.25, -0.2) is 4.79 Å². The lowest BCUT2D eigenvalue weighted by molar-refractivity contribution is -0.150. The molecule has 4 saturated carbocycles. The Hall–Kier alpha value is -1.88. The van der Waals surface area contributed by atoms with Gasteiger partial charge in [0.2, 0.25) is 0 Å². The lowest BCUT2D eigenvalue weighted by atomic mass is 9.59. The van der Waals surface area contributed by atoms with E-state index in [0.29, 0.717) is 17.4 Å². The number of rotatable bonds is 0. The highest BCUT2D eigenvalue weighted by Gasteiger charge is 2.73. The molecule has 0 radical (unpaired) electrons. The number of hydrogen-bond donors (Lipinski definition) is 1. The van der Waals surface area contributed by atoms with Crippen molar-refractivity contribution in [2.75, 3.05) is 0 Å². The fraction of sp³-hybridized carbons (Fsp3) is 0.724. The second-order valence-corrected chi connectivity index (χ2v) is 13.0. The molecule has 6 fully saturated rings. The fourth-order valence-corrected chi connectivity index (χ4v) is 9.92. The summed E-state index contributed by atoms with van der Waals surface area (Å²) < 4.78 is 11.9. The van der Waals surface area contributed by atoms with E-state index in [1.807, 2.05) is 6.92 Å². The molecule has 7 aliphatic rings. The lowest BCUT2D eigenvalue weighted by Gasteiger charge is -2.42. The first kappa shape index (κ1) is 21.4. The van der Waals surface area contributed by atoms with Gasteiger partial charge in [-0.05, 0) is 81.0 Å². The number of aliphatic hydroxyl groups is 1. The zero-order valence-corrected chi connectivity index (χ0v) is 20.3. The van der Waals surface area contributed by atoms with E-state index < -0.39 is 11.0 Å². The van der Waals surface area contributed by atoms with E-state index in [1.54, 1.807) is 0 Å². The Kier molecular flexibility index (Phi) is 4.07. The summed E-state index contributed by atoms with van der Waals surface area (Å²) in [4.78, 5) is 25.9. The molecule has 0 aromatic rings. The van der Waals surface area contributed by atoms with Gasteiger partial charge in [0.1, 0.15) is 12.2 Å². The van der Waals surface area contributed by atoms with Crippen LogP contribution >= 0.6 is 0 Å². The topological polar surface area (TPSA) is 72.8 Å². The molecule has 7 rings (SSSR count). The fourth-order valence-electron chi connectivity index (χ4n) is 9.92. The molecule has 0 aromatic carbocycles. The summed E-state index contributed by atoms with van der Waals surface area (Å²) >= 11 is 0. The van der Waals surface area contributed by atoms with Gasteiger partial charge in [0.05, 0.1) is 11.0 Å². The smallest absolute Gasteiger partial charge is 0.334 e. The molecule has 0 amide bonds. The second kappa shape index (κ2) is 6.46. The molecule has 2 saturated heterocycles. The van der Waals surface area contributed by atoms with Crippen molar-refractivity contribution < 1.29 is 24.2 Å². The van der Waals surface area contributed by atoms with Crippen LogP contribution in [0.25, 0.3) is 0 Å². The van der Waals surface area contributed by atoms with Crippen molar-refractivity contribution >= 4 is 11.9 Å². The summed E-state index contributed by atoms with van der Waals surface area (Å²) in [6.07, 6.45) is 9.04. The molecule has 2 aliphatic heterocycles. The summed E-state index contributed by atoms with van der Waals surface area (Å²) in [5.74, 6) is 0.911. The van der Waals surface area contributed by atoms with Gasteiger partial charge in [-0.1, -0.05) is 37.3 Å². The van der Waals surface area contributed by atoms with Crippen molar-refractivity contribution in [1.82, 2.24) is 0 Å².